The summed E-state index contributed by atoms with van der Waals surface area (Å²) in [5.74, 6) is 0.0785. The van der Waals surface area contributed by atoms with Crippen molar-refractivity contribution in [2.75, 3.05) is 6.54 Å². The smallest absolute Gasteiger partial charge is 0.238 e. The predicted octanol–water partition coefficient (Wildman–Crippen LogP) is 3.24. The van der Waals surface area contributed by atoms with Crippen LogP contribution in [0.4, 0.5) is 0 Å². The molecule has 0 bridgehead atoms. The average molecular weight is 358 g/mol. The fraction of sp³-hybridized carbons (Fsp3) is 0.316. The maximum absolute atomic E-state index is 12.5. The maximum Gasteiger partial charge on any atom is 0.238 e. The Bertz CT molecular complexity index is 778. The van der Waals surface area contributed by atoms with Crippen LogP contribution in [0.2, 0.25) is 5.02 Å². The molecule has 1 amide bonds. The number of nitrogens with zero attached hydrogens (tertiary/aromatic N) is 2. The first-order valence-corrected chi connectivity index (χ1v) is 8.78. The van der Waals surface area contributed by atoms with Crippen molar-refractivity contribution in [2.24, 2.45) is 0 Å². The first kappa shape index (κ1) is 16.5. The zero-order chi connectivity index (χ0) is 17.6. The van der Waals surface area contributed by atoms with Gasteiger partial charge in [-0.05, 0) is 30.2 Å². The number of rotatable bonds is 3. The first-order chi connectivity index (χ1) is 12.1. The quantitative estimate of drug-likeness (QED) is 0.828. The Labute approximate surface area is 151 Å². The molecule has 6 heteroatoms. The number of hydroxylamine groups is 1. The van der Waals surface area contributed by atoms with Gasteiger partial charge in [0, 0.05) is 18.0 Å². The largest absolute Gasteiger partial charge is 0.316 e. The molecule has 0 spiro atoms. The molecule has 5 nitrogen and oxygen atoms in total. The zero-order valence-corrected chi connectivity index (χ0v) is 14.6. The third-order valence-electron chi connectivity index (χ3n) is 5.13. The number of nitrogens with one attached hydrogen (secondary N) is 1. The molecular weight excluding hydrogens is 338 g/mol. The van der Waals surface area contributed by atoms with E-state index in [-0.39, 0.29) is 24.0 Å². The van der Waals surface area contributed by atoms with Gasteiger partial charge in [-0.2, -0.15) is 5.48 Å². The molecular formula is C19H20ClN3O2. The Morgan fingerprint density at radius 1 is 1.04 bits per heavy atom. The van der Waals surface area contributed by atoms with Crippen molar-refractivity contribution >= 4 is 17.5 Å². The third kappa shape index (κ3) is 2.73. The minimum Gasteiger partial charge on any atom is -0.316 e. The highest BCUT2D eigenvalue weighted by Gasteiger charge is 2.53. The number of hydrogen-bond donors (Lipinski definition) is 2. The van der Waals surface area contributed by atoms with Gasteiger partial charge in [0.15, 0.2) is 0 Å². The van der Waals surface area contributed by atoms with E-state index in [9.17, 15) is 10.0 Å². The second-order valence-corrected chi connectivity index (χ2v) is 7.09. The molecule has 2 aromatic rings. The van der Waals surface area contributed by atoms with Crippen LogP contribution in [0, 0.1) is 6.92 Å². The number of benzene rings is 2. The lowest BCUT2D eigenvalue weighted by Gasteiger charge is -2.27. The van der Waals surface area contributed by atoms with Crippen molar-refractivity contribution in [3.05, 3.63) is 70.2 Å². The van der Waals surface area contributed by atoms with Crippen LogP contribution in [0.5, 0.6) is 0 Å². The molecule has 0 radical (unpaired) electrons. The standard InChI is InChI=1S/C19H20ClN3O2/c1-12-2-4-13(5-3-12)18-17(21-25)19(14-6-8-15(20)9-7-14)23-16(24)10-11-22(18)23/h2-9,17-19,21,25H,10-11H2,1H3/t17-,18-,19+/m1/s1. The number of aryl methyl sites for hydroxylation is 1. The number of fused-ring (bicyclic) bond motifs is 1. The van der Waals surface area contributed by atoms with E-state index in [4.69, 9.17) is 11.6 Å². The van der Waals surface area contributed by atoms with E-state index in [0.717, 1.165) is 11.1 Å². The molecule has 2 saturated heterocycles. The Balaban J connectivity index is 1.79. The summed E-state index contributed by atoms with van der Waals surface area (Å²) < 4.78 is 0. The molecule has 2 aliphatic heterocycles. The molecule has 2 aromatic carbocycles. The van der Waals surface area contributed by atoms with Crippen molar-refractivity contribution in [3.8, 4) is 0 Å². The molecule has 0 aromatic heterocycles. The highest BCUT2D eigenvalue weighted by Crippen LogP contribution is 2.46. The Morgan fingerprint density at radius 3 is 2.28 bits per heavy atom. The van der Waals surface area contributed by atoms with Crippen molar-refractivity contribution in [3.63, 3.8) is 0 Å². The van der Waals surface area contributed by atoms with Crippen molar-refractivity contribution in [1.29, 1.82) is 0 Å². The lowest BCUT2D eigenvalue weighted by Crippen LogP contribution is -2.37. The van der Waals surface area contributed by atoms with Gasteiger partial charge in [-0.15, -0.1) is 0 Å². The summed E-state index contributed by atoms with van der Waals surface area (Å²) >= 11 is 6.01. The molecule has 0 saturated carbocycles. The molecule has 0 unspecified atom stereocenters. The van der Waals surface area contributed by atoms with Crippen LogP contribution < -0.4 is 5.48 Å². The molecule has 0 aliphatic carbocycles. The normalized spacial score (nSPS) is 26.3. The summed E-state index contributed by atoms with van der Waals surface area (Å²) in [6, 6.07) is 15.0. The van der Waals surface area contributed by atoms with E-state index in [0.29, 0.717) is 18.0 Å². The van der Waals surface area contributed by atoms with Gasteiger partial charge in [-0.1, -0.05) is 53.6 Å². The second-order valence-electron chi connectivity index (χ2n) is 6.66. The van der Waals surface area contributed by atoms with Gasteiger partial charge in [-0.25, -0.2) is 5.01 Å². The Morgan fingerprint density at radius 2 is 1.64 bits per heavy atom. The Hall–Kier alpha value is -1.92. The SMILES string of the molecule is Cc1ccc([C@@H]2[C@@H](NO)[C@H](c3ccc(Cl)cc3)N3C(=O)CCN23)cc1. The van der Waals surface area contributed by atoms with Crippen LogP contribution in [0.3, 0.4) is 0 Å². The maximum atomic E-state index is 12.5. The average Bonchev–Trinajstić information content (AvgIpc) is 3.14. The molecule has 2 N–H and O–H groups in total. The molecule has 3 atom stereocenters. The van der Waals surface area contributed by atoms with E-state index in [1.54, 1.807) is 5.01 Å². The summed E-state index contributed by atoms with van der Waals surface area (Å²) in [6.07, 6.45) is 0.491. The van der Waals surface area contributed by atoms with Crippen LogP contribution >= 0.6 is 11.6 Å². The van der Waals surface area contributed by atoms with Gasteiger partial charge < -0.3 is 5.21 Å². The Kier molecular flexibility index (Phi) is 4.25. The highest BCUT2D eigenvalue weighted by atomic mass is 35.5. The van der Waals surface area contributed by atoms with Crippen LogP contribution in [-0.4, -0.2) is 33.7 Å². The number of hydrazine groups is 1. The van der Waals surface area contributed by atoms with Gasteiger partial charge in [0.2, 0.25) is 5.91 Å². The van der Waals surface area contributed by atoms with Crippen LogP contribution in [0.25, 0.3) is 0 Å². The summed E-state index contributed by atoms with van der Waals surface area (Å²) in [7, 11) is 0. The van der Waals surface area contributed by atoms with Crippen molar-refractivity contribution < 1.29 is 10.0 Å². The minimum atomic E-state index is -0.326. The predicted molar refractivity (Wildman–Crippen MR) is 95.0 cm³/mol. The summed E-state index contributed by atoms with van der Waals surface area (Å²) in [6.45, 7) is 2.70. The summed E-state index contributed by atoms with van der Waals surface area (Å²) in [5, 5.41) is 14.5. The topological polar surface area (TPSA) is 55.8 Å². The monoisotopic (exact) mass is 357 g/mol. The van der Waals surface area contributed by atoms with Crippen molar-refractivity contribution in [1.82, 2.24) is 15.5 Å². The number of halogens is 1. The number of carbonyl (C=O) groups is 1. The van der Waals surface area contributed by atoms with E-state index >= 15 is 0 Å². The second kappa shape index (κ2) is 6.42. The fourth-order valence-electron chi connectivity index (χ4n) is 3.97. The van der Waals surface area contributed by atoms with Gasteiger partial charge in [0.05, 0.1) is 18.1 Å². The number of carbonyl (C=O) groups excluding carboxylic acids is 1. The lowest BCUT2D eigenvalue weighted by molar-refractivity contribution is -0.138. The molecule has 130 valence electrons. The lowest BCUT2D eigenvalue weighted by atomic mass is 9.91. The molecule has 4 rings (SSSR count). The molecule has 2 aliphatic rings. The number of hydrogen-bond acceptors (Lipinski definition) is 4. The van der Waals surface area contributed by atoms with E-state index < -0.39 is 0 Å². The summed E-state index contributed by atoms with van der Waals surface area (Å²) in [5.41, 5.74) is 5.68. The highest BCUT2D eigenvalue weighted by molar-refractivity contribution is 6.30. The molecule has 2 fully saturated rings. The van der Waals surface area contributed by atoms with Crippen LogP contribution in [-0.2, 0) is 4.79 Å². The van der Waals surface area contributed by atoms with Gasteiger partial charge in [0.25, 0.3) is 0 Å². The fourth-order valence-corrected chi connectivity index (χ4v) is 4.09. The van der Waals surface area contributed by atoms with E-state index in [2.05, 4.69) is 34.8 Å². The van der Waals surface area contributed by atoms with Crippen molar-refractivity contribution in [2.45, 2.75) is 31.5 Å². The van der Waals surface area contributed by atoms with E-state index in [1.807, 2.05) is 31.2 Å². The molecule has 2 heterocycles. The van der Waals surface area contributed by atoms with Gasteiger partial charge >= 0.3 is 0 Å². The van der Waals surface area contributed by atoms with Gasteiger partial charge in [0.1, 0.15) is 0 Å². The van der Waals surface area contributed by atoms with Gasteiger partial charge in [-0.3, -0.25) is 9.80 Å². The molecule has 25 heavy (non-hydrogen) atoms. The van der Waals surface area contributed by atoms with E-state index in [1.165, 1.54) is 5.56 Å². The summed E-state index contributed by atoms with van der Waals surface area (Å²) in [4.78, 5) is 12.5. The first-order valence-electron chi connectivity index (χ1n) is 8.40. The number of amides is 1. The van der Waals surface area contributed by atoms with Crippen LogP contribution in [0.15, 0.2) is 48.5 Å². The van der Waals surface area contributed by atoms with Crippen LogP contribution in [0.1, 0.15) is 35.2 Å². The minimum absolute atomic E-state index is 0.0785. The third-order valence-corrected chi connectivity index (χ3v) is 5.38. The zero-order valence-electron chi connectivity index (χ0n) is 13.9.